The summed E-state index contributed by atoms with van der Waals surface area (Å²) in [6.45, 7) is 4.21. The van der Waals surface area contributed by atoms with Gasteiger partial charge >= 0.3 is 16.0 Å². The molecule has 0 radical (unpaired) electrons. The van der Waals surface area contributed by atoms with E-state index in [4.69, 9.17) is 8.92 Å². The third-order valence-corrected chi connectivity index (χ3v) is 5.32. The molecule has 0 saturated heterocycles. The van der Waals surface area contributed by atoms with Crippen LogP contribution in [0.25, 0.3) is 0 Å². The zero-order valence-corrected chi connectivity index (χ0v) is 17.6. The van der Waals surface area contributed by atoms with Crippen LogP contribution in [0.1, 0.15) is 25.8 Å². The molecule has 26 heavy (non-hydrogen) atoms. The minimum Gasteiger partial charge on any atom is -0.626 e. The van der Waals surface area contributed by atoms with Crippen molar-refractivity contribution in [1.82, 2.24) is 0 Å². The van der Waals surface area contributed by atoms with Crippen molar-refractivity contribution in [3.05, 3.63) is 51.6 Å². The molecule has 9 heteroatoms. The molecule has 7 nitrogen and oxygen atoms in total. The average molecular weight is 447 g/mol. The van der Waals surface area contributed by atoms with Crippen molar-refractivity contribution >= 4 is 31.9 Å². The van der Waals surface area contributed by atoms with Crippen LogP contribution in [0.4, 0.5) is 0 Å². The third kappa shape index (κ3) is 5.29. The van der Waals surface area contributed by atoms with Crippen molar-refractivity contribution in [3.63, 3.8) is 0 Å². The van der Waals surface area contributed by atoms with E-state index in [2.05, 4.69) is 20.9 Å². The number of hydrogen-bond donors (Lipinski definition) is 0. The molecule has 2 atom stereocenters. The second-order valence-electron chi connectivity index (χ2n) is 6.74. The van der Waals surface area contributed by atoms with E-state index in [1.807, 2.05) is 44.2 Å². The number of likely N-dealkylation sites (N-methyl/N-ethyl adjacent to an activating group) is 1. The quantitative estimate of drug-likeness (QED) is 0.288. The van der Waals surface area contributed by atoms with E-state index < -0.39 is 20.8 Å². The number of hydrogen-bond acceptors (Lipinski definition) is 6. The van der Waals surface area contributed by atoms with Crippen LogP contribution in [-0.2, 0) is 25.6 Å². The van der Waals surface area contributed by atoms with Crippen molar-refractivity contribution < 1.29 is 22.0 Å². The number of ether oxygens (including phenoxy) is 1. The molecule has 0 bridgehead atoms. The predicted molar refractivity (Wildman–Crippen MR) is 103 cm³/mol. The van der Waals surface area contributed by atoms with E-state index in [1.54, 1.807) is 0 Å². The normalized spacial score (nSPS) is 23.8. The Balaban J connectivity index is 2.38. The molecular formula is C17H23BrN2O5S. The number of rotatable bonds is 6. The highest BCUT2D eigenvalue weighted by Gasteiger charge is 2.42. The molecule has 0 amide bonds. The maximum absolute atomic E-state index is 13.2. The van der Waals surface area contributed by atoms with Gasteiger partial charge in [-0.1, -0.05) is 44.2 Å². The van der Waals surface area contributed by atoms with Crippen molar-refractivity contribution in [2.45, 2.75) is 32.9 Å². The second kappa shape index (κ2) is 8.08. The number of aliphatic imine (C=N–C) groups is 1. The van der Waals surface area contributed by atoms with Crippen LogP contribution in [0.5, 0.6) is 0 Å². The first kappa shape index (κ1) is 20.9. The Morgan fingerprint density at radius 2 is 1.92 bits per heavy atom. The van der Waals surface area contributed by atoms with E-state index in [1.165, 1.54) is 7.05 Å². The molecule has 1 aliphatic rings. The maximum atomic E-state index is 13.2. The van der Waals surface area contributed by atoms with Crippen LogP contribution >= 0.6 is 15.9 Å². The highest BCUT2D eigenvalue weighted by atomic mass is 79.9. The number of nitrogens with zero attached hydrogens (tertiary/aromatic N) is 2. The summed E-state index contributed by atoms with van der Waals surface area (Å²) in [5.41, 5.74) is 0.915. The highest BCUT2D eigenvalue weighted by Crippen LogP contribution is 2.36. The van der Waals surface area contributed by atoms with Crippen LogP contribution < -0.4 is 0 Å². The summed E-state index contributed by atoms with van der Waals surface area (Å²) >= 11 is 3.17. The lowest BCUT2D eigenvalue weighted by atomic mass is 10.0. The molecule has 1 aromatic carbocycles. The lowest BCUT2D eigenvalue weighted by molar-refractivity contribution is -0.832. The van der Waals surface area contributed by atoms with Gasteiger partial charge in [0.1, 0.15) is 6.61 Å². The van der Waals surface area contributed by atoms with Crippen molar-refractivity contribution in [1.29, 1.82) is 0 Å². The standard InChI is InChI=1S/C17H23BrN2O5S/c1-12(2)10-14-16(24-11-13-8-6-5-7-9-13)19-17(25-26(4,22)23)15(18)20(14,3)21/h5-9,12,14H,10-11H2,1-4H3. The van der Waals surface area contributed by atoms with Gasteiger partial charge in [0, 0.05) is 22.4 Å². The molecule has 2 unspecified atom stereocenters. The zero-order chi connectivity index (χ0) is 19.5. The topological polar surface area (TPSA) is 88.0 Å². The SMILES string of the molecule is CC(C)CC1C(OCc2ccccc2)=NC(OS(C)(=O)=O)=C(Br)[N+]1(C)[O-]. The summed E-state index contributed by atoms with van der Waals surface area (Å²) < 4.78 is 32.8. The summed E-state index contributed by atoms with van der Waals surface area (Å²) in [5.74, 6) is 0.0876. The van der Waals surface area contributed by atoms with E-state index >= 15 is 0 Å². The fourth-order valence-electron chi connectivity index (χ4n) is 2.56. The first-order valence-electron chi connectivity index (χ1n) is 8.13. The Hall–Kier alpha value is -1.42. The molecule has 0 fully saturated rings. The van der Waals surface area contributed by atoms with Gasteiger partial charge in [-0.05, 0) is 11.5 Å². The summed E-state index contributed by atoms with van der Waals surface area (Å²) in [7, 11) is -2.42. The Morgan fingerprint density at radius 1 is 1.31 bits per heavy atom. The van der Waals surface area contributed by atoms with Crippen LogP contribution in [0.3, 0.4) is 0 Å². The van der Waals surface area contributed by atoms with Crippen LogP contribution in [0.15, 0.2) is 45.8 Å². The Morgan fingerprint density at radius 3 is 2.46 bits per heavy atom. The fraction of sp³-hybridized carbons (Fsp3) is 0.471. The van der Waals surface area contributed by atoms with E-state index in [0.29, 0.717) is 6.42 Å². The number of quaternary nitrogens is 1. The molecule has 2 rings (SSSR count). The molecule has 0 aromatic heterocycles. The van der Waals surface area contributed by atoms with E-state index in [-0.39, 0.29) is 28.9 Å². The average Bonchev–Trinajstić information content (AvgIpc) is 2.53. The van der Waals surface area contributed by atoms with Gasteiger partial charge in [-0.25, -0.2) is 0 Å². The van der Waals surface area contributed by atoms with E-state index in [0.717, 1.165) is 11.8 Å². The minimum absolute atomic E-state index is 0.0145. The number of hydroxylamine groups is 3. The largest absolute Gasteiger partial charge is 0.626 e. The molecule has 1 heterocycles. The second-order valence-corrected chi connectivity index (χ2v) is 9.07. The van der Waals surface area contributed by atoms with Crippen LogP contribution in [0.2, 0.25) is 0 Å². The Bertz CT molecular complexity index is 804. The van der Waals surface area contributed by atoms with Gasteiger partial charge in [0.2, 0.25) is 4.61 Å². The van der Waals surface area contributed by atoms with Gasteiger partial charge in [-0.3, -0.25) is 0 Å². The van der Waals surface area contributed by atoms with Crippen LogP contribution in [0, 0.1) is 11.1 Å². The molecule has 144 valence electrons. The molecule has 0 spiro atoms. The summed E-state index contributed by atoms with van der Waals surface area (Å²) in [6, 6.07) is 8.84. The monoisotopic (exact) mass is 446 g/mol. The fourth-order valence-corrected chi connectivity index (χ4v) is 3.49. The Labute approximate surface area is 162 Å². The summed E-state index contributed by atoms with van der Waals surface area (Å²) in [4.78, 5) is 4.20. The zero-order valence-electron chi connectivity index (χ0n) is 15.2. The first-order chi connectivity index (χ1) is 12.0. The number of benzene rings is 1. The summed E-state index contributed by atoms with van der Waals surface area (Å²) in [5, 5.41) is 13.2. The smallest absolute Gasteiger partial charge is 0.307 e. The molecular weight excluding hydrogens is 424 g/mol. The van der Waals surface area contributed by atoms with Crippen molar-refractivity contribution in [2.75, 3.05) is 13.3 Å². The lowest BCUT2D eigenvalue weighted by Crippen LogP contribution is -2.53. The minimum atomic E-state index is -3.84. The van der Waals surface area contributed by atoms with Gasteiger partial charge in [-0.15, -0.1) is 0 Å². The van der Waals surface area contributed by atoms with Gasteiger partial charge in [0.15, 0.2) is 6.04 Å². The molecule has 0 N–H and O–H groups in total. The van der Waals surface area contributed by atoms with E-state index in [9.17, 15) is 13.6 Å². The predicted octanol–water partition coefficient (Wildman–Crippen LogP) is 3.47. The Kier molecular flexibility index (Phi) is 6.49. The third-order valence-electron chi connectivity index (χ3n) is 3.81. The molecule has 1 aromatic rings. The number of halogens is 1. The van der Waals surface area contributed by atoms with Gasteiger partial charge in [-0.2, -0.15) is 13.4 Å². The van der Waals surface area contributed by atoms with Gasteiger partial charge in [0.25, 0.3) is 5.90 Å². The van der Waals surface area contributed by atoms with Crippen molar-refractivity contribution in [3.8, 4) is 0 Å². The lowest BCUT2D eigenvalue weighted by Gasteiger charge is -2.46. The highest BCUT2D eigenvalue weighted by molar-refractivity contribution is 9.11. The first-order valence-corrected chi connectivity index (χ1v) is 10.7. The molecule has 0 aliphatic carbocycles. The maximum Gasteiger partial charge on any atom is 0.307 e. The van der Waals surface area contributed by atoms with Crippen LogP contribution in [-0.4, -0.2) is 38.3 Å². The molecule has 0 saturated carbocycles. The van der Waals surface area contributed by atoms with Gasteiger partial charge in [0.05, 0.1) is 13.3 Å². The summed E-state index contributed by atoms with van der Waals surface area (Å²) in [6.07, 6.45) is 1.42. The van der Waals surface area contributed by atoms with Gasteiger partial charge < -0.3 is 18.8 Å². The molecule has 1 aliphatic heterocycles. The van der Waals surface area contributed by atoms with Crippen molar-refractivity contribution in [2.24, 2.45) is 10.9 Å².